The predicted octanol–water partition coefficient (Wildman–Crippen LogP) is 8.12. The number of aryl methyl sites for hydroxylation is 1. The van der Waals surface area contributed by atoms with E-state index < -0.39 is 6.17 Å². The lowest BCUT2D eigenvalue weighted by molar-refractivity contribution is 0.184. The molecule has 1 aromatic carbocycles. The molecule has 172 valence electrons. The lowest BCUT2D eigenvalue weighted by Gasteiger charge is -2.10. The second-order valence-corrected chi connectivity index (χ2v) is 8.57. The smallest absolute Gasteiger partial charge is 0.159 e. The summed E-state index contributed by atoms with van der Waals surface area (Å²) in [6, 6.07) is 7.61. The molecule has 0 aliphatic rings. The topological polar surface area (TPSA) is 35.0 Å². The summed E-state index contributed by atoms with van der Waals surface area (Å²) < 4.78 is 19.4. The van der Waals surface area contributed by atoms with Gasteiger partial charge in [-0.1, -0.05) is 78.1 Å². The van der Waals surface area contributed by atoms with Crippen LogP contribution in [0.4, 0.5) is 4.39 Å². The van der Waals surface area contributed by atoms with Gasteiger partial charge in [0.25, 0.3) is 0 Å². The SMILES string of the molecule is CCCCCCCCCCc1cnc(-c2ccc(OC[C@H](F)CCCCC)cc2)nc1. The van der Waals surface area contributed by atoms with Crippen molar-refractivity contribution in [3.05, 3.63) is 42.2 Å². The maximum absolute atomic E-state index is 13.8. The third-order valence-corrected chi connectivity index (χ3v) is 5.69. The van der Waals surface area contributed by atoms with E-state index in [-0.39, 0.29) is 6.61 Å². The molecular weight excluding hydrogens is 387 g/mol. The van der Waals surface area contributed by atoms with Crippen molar-refractivity contribution in [2.45, 2.75) is 103 Å². The molecule has 2 rings (SSSR count). The van der Waals surface area contributed by atoms with E-state index in [1.54, 1.807) is 0 Å². The van der Waals surface area contributed by atoms with Crippen molar-refractivity contribution in [2.24, 2.45) is 0 Å². The fraction of sp³-hybridized carbons (Fsp3) is 0.630. The number of aromatic nitrogens is 2. The standard InChI is InChI=1S/C27H41FN2O/c1-3-5-7-8-9-10-11-13-14-23-20-29-27(30-21-23)24-16-18-26(19-17-24)31-22-25(28)15-12-6-4-2/h16-21,25H,3-15,22H2,1-2H3/t25-/m1/s1. The second-order valence-electron chi connectivity index (χ2n) is 8.57. The molecule has 0 aliphatic carbocycles. The average molecular weight is 429 g/mol. The van der Waals surface area contributed by atoms with Crippen molar-refractivity contribution in [2.75, 3.05) is 6.61 Å². The van der Waals surface area contributed by atoms with Gasteiger partial charge in [0.05, 0.1) is 0 Å². The van der Waals surface area contributed by atoms with Gasteiger partial charge >= 0.3 is 0 Å². The van der Waals surface area contributed by atoms with E-state index in [4.69, 9.17) is 4.74 Å². The monoisotopic (exact) mass is 428 g/mol. The fourth-order valence-corrected chi connectivity index (χ4v) is 3.68. The second kappa shape index (κ2) is 15.8. The summed E-state index contributed by atoms with van der Waals surface area (Å²) in [5.74, 6) is 1.40. The summed E-state index contributed by atoms with van der Waals surface area (Å²) in [7, 11) is 0. The Morgan fingerprint density at radius 1 is 0.774 bits per heavy atom. The first kappa shape index (κ1) is 25.3. The molecule has 0 saturated carbocycles. The molecular formula is C27H41FN2O. The Labute approximate surface area is 188 Å². The highest BCUT2D eigenvalue weighted by Gasteiger charge is 2.08. The number of unbranched alkanes of at least 4 members (excludes halogenated alkanes) is 9. The number of hydrogen-bond donors (Lipinski definition) is 0. The fourth-order valence-electron chi connectivity index (χ4n) is 3.68. The van der Waals surface area contributed by atoms with Crippen molar-refractivity contribution in [3.8, 4) is 17.1 Å². The number of nitrogens with zero attached hydrogens (tertiary/aromatic N) is 2. The van der Waals surface area contributed by atoms with Gasteiger partial charge in [-0.3, -0.25) is 0 Å². The zero-order valence-corrected chi connectivity index (χ0v) is 19.6. The molecule has 0 bridgehead atoms. The maximum Gasteiger partial charge on any atom is 0.159 e. The van der Waals surface area contributed by atoms with E-state index in [9.17, 15) is 4.39 Å². The van der Waals surface area contributed by atoms with Crippen LogP contribution in [0.25, 0.3) is 11.4 Å². The summed E-state index contributed by atoms with van der Waals surface area (Å²) in [6.07, 6.45) is 18.3. The molecule has 1 atom stereocenters. The number of halogens is 1. The summed E-state index contributed by atoms with van der Waals surface area (Å²) >= 11 is 0. The van der Waals surface area contributed by atoms with E-state index in [1.165, 1.54) is 56.9 Å². The number of ether oxygens (including phenoxy) is 1. The molecule has 0 spiro atoms. The molecule has 0 aliphatic heterocycles. The van der Waals surface area contributed by atoms with Gasteiger partial charge in [0, 0.05) is 18.0 Å². The summed E-state index contributed by atoms with van der Waals surface area (Å²) in [6.45, 7) is 4.50. The van der Waals surface area contributed by atoms with Crippen molar-refractivity contribution in [1.82, 2.24) is 9.97 Å². The summed E-state index contributed by atoms with van der Waals surface area (Å²) in [5, 5.41) is 0. The highest BCUT2D eigenvalue weighted by molar-refractivity contribution is 5.55. The molecule has 0 saturated heterocycles. The molecule has 1 heterocycles. The minimum atomic E-state index is -0.900. The highest BCUT2D eigenvalue weighted by Crippen LogP contribution is 2.20. The molecule has 3 nitrogen and oxygen atoms in total. The normalized spacial score (nSPS) is 12.1. The molecule has 0 unspecified atom stereocenters. The molecule has 0 fully saturated rings. The molecule has 0 radical (unpaired) electrons. The zero-order chi connectivity index (χ0) is 22.2. The van der Waals surface area contributed by atoms with Gasteiger partial charge in [-0.05, 0) is 49.1 Å². The summed E-state index contributed by atoms with van der Waals surface area (Å²) in [4.78, 5) is 9.06. The van der Waals surface area contributed by atoms with Gasteiger partial charge in [0.2, 0.25) is 0 Å². The minimum absolute atomic E-state index is 0.118. The molecule has 0 amide bonds. The average Bonchev–Trinajstić information content (AvgIpc) is 2.80. The lowest BCUT2D eigenvalue weighted by atomic mass is 10.1. The Kier molecular flexibility index (Phi) is 12.9. The predicted molar refractivity (Wildman–Crippen MR) is 128 cm³/mol. The largest absolute Gasteiger partial charge is 0.491 e. The Bertz CT molecular complexity index is 687. The first-order valence-electron chi connectivity index (χ1n) is 12.4. The van der Waals surface area contributed by atoms with Crippen LogP contribution in [0, 0.1) is 0 Å². The van der Waals surface area contributed by atoms with Gasteiger partial charge in [0.1, 0.15) is 18.5 Å². The Morgan fingerprint density at radius 3 is 2.00 bits per heavy atom. The van der Waals surface area contributed by atoms with Gasteiger partial charge in [0.15, 0.2) is 5.82 Å². The van der Waals surface area contributed by atoms with Crippen LogP contribution in [0.5, 0.6) is 5.75 Å². The van der Waals surface area contributed by atoms with Crippen LogP contribution in [0.1, 0.15) is 96.5 Å². The number of rotatable bonds is 17. The number of hydrogen-bond acceptors (Lipinski definition) is 3. The van der Waals surface area contributed by atoms with Crippen molar-refractivity contribution in [1.29, 1.82) is 0 Å². The van der Waals surface area contributed by atoms with Crippen LogP contribution in [-0.2, 0) is 6.42 Å². The van der Waals surface area contributed by atoms with E-state index in [2.05, 4.69) is 23.8 Å². The number of alkyl halides is 1. The van der Waals surface area contributed by atoms with Crippen LogP contribution < -0.4 is 4.74 Å². The van der Waals surface area contributed by atoms with E-state index in [0.717, 1.165) is 31.2 Å². The maximum atomic E-state index is 13.8. The van der Waals surface area contributed by atoms with Gasteiger partial charge < -0.3 is 4.74 Å². The molecule has 2 aromatic rings. The quantitative estimate of drug-likeness (QED) is 0.239. The van der Waals surface area contributed by atoms with Gasteiger partial charge in [-0.15, -0.1) is 0 Å². The Balaban J connectivity index is 1.68. The third kappa shape index (κ3) is 10.8. The van der Waals surface area contributed by atoms with Crippen molar-refractivity contribution in [3.63, 3.8) is 0 Å². The highest BCUT2D eigenvalue weighted by atomic mass is 19.1. The van der Waals surface area contributed by atoms with Crippen LogP contribution in [-0.4, -0.2) is 22.7 Å². The molecule has 4 heteroatoms. The van der Waals surface area contributed by atoms with E-state index >= 15 is 0 Å². The van der Waals surface area contributed by atoms with Crippen LogP contribution in [0.2, 0.25) is 0 Å². The van der Waals surface area contributed by atoms with Gasteiger partial charge in [-0.2, -0.15) is 0 Å². The van der Waals surface area contributed by atoms with Crippen LogP contribution >= 0.6 is 0 Å². The molecule has 1 aromatic heterocycles. The van der Waals surface area contributed by atoms with E-state index in [0.29, 0.717) is 18.0 Å². The Hall–Kier alpha value is -1.97. The zero-order valence-electron chi connectivity index (χ0n) is 19.6. The lowest BCUT2D eigenvalue weighted by Crippen LogP contribution is -2.12. The molecule has 31 heavy (non-hydrogen) atoms. The third-order valence-electron chi connectivity index (χ3n) is 5.69. The minimum Gasteiger partial charge on any atom is -0.491 e. The van der Waals surface area contributed by atoms with Crippen LogP contribution in [0.15, 0.2) is 36.7 Å². The molecule has 0 N–H and O–H groups in total. The van der Waals surface area contributed by atoms with Crippen molar-refractivity contribution < 1.29 is 9.13 Å². The first-order valence-corrected chi connectivity index (χ1v) is 12.4. The van der Waals surface area contributed by atoms with E-state index in [1.807, 2.05) is 36.7 Å². The summed E-state index contributed by atoms with van der Waals surface area (Å²) in [5.41, 5.74) is 2.15. The Morgan fingerprint density at radius 2 is 1.35 bits per heavy atom. The first-order chi connectivity index (χ1) is 15.2. The van der Waals surface area contributed by atoms with Gasteiger partial charge in [-0.25, -0.2) is 14.4 Å². The van der Waals surface area contributed by atoms with Crippen molar-refractivity contribution >= 4 is 0 Å². The number of benzene rings is 1. The van der Waals surface area contributed by atoms with Crippen LogP contribution in [0.3, 0.4) is 0 Å².